The summed E-state index contributed by atoms with van der Waals surface area (Å²) in [6.07, 6.45) is 4.12. The van der Waals surface area contributed by atoms with Crippen LogP contribution in [-0.4, -0.2) is 48.0 Å². The molecule has 0 aliphatic carbocycles. The number of benzene rings is 1. The summed E-state index contributed by atoms with van der Waals surface area (Å²) in [7, 11) is 0. The van der Waals surface area contributed by atoms with Gasteiger partial charge in [-0.1, -0.05) is 11.6 Å². The Morgan fingerprint density at radius 2 is 2.09 bits per heavy atom. The molecule has 3 rings (SSSR count). The normalized spacial score (nSPS) is 23.5. The fraction of sp³-hybridized carbons (Fsp3) is 0.647. The number of halogens is 1. The number of thioether (sulfide) groups is 1. The summed E-state index contributed by atoms with van der Waals surface area (Å²) in [5, 5.41) is 14.1. The van der Waals surface area contributed by atoms with Gasteiger partial charge in [-0.05, 0) is 68.3 Å². The van der Waals surface area contributed by atoms with Gasteiger partial charge < -0.3 is 15.3 Å². The Morgan fingerprint density at radius 3 is 2.91 bits per heavy atom. The SMILES string of the molecule is OC1CCN(CCCNC2CCSc3ccc(Cl)cc32)CC1. The number of hydrogen-bond acceptors (Lipinski definition) is 4. The van der Waals surface area contributed by atoms with Crippen molar-refractivity contribution in [3.8, 4) is 0 Å². The number of hydrogen-bond donors (Lipinski definition) is 2. The minimum atomic E-state index is -0.0737. The second-order valence-corrected chi connectivity index (χ2v) is 7.83. The minimum absolute atomic E-state index is 0.0737. The average molecular weight is 341 g/mol. The maximum Gasteiger partial charge on any atom is 0.0564 e. The van der Waals surface area contributed by atoms with Crippen LogP contribution in [0.5, 0.6) is 0 Å². The van der Waals surface area contributed by atoms with Gasteiger partial charge in [0.15, 0.2) is 0 Å². The van der Waals surface area contributed by atoms with Crippen LogP contribution in [0.15, 0.2) is 23.1 Å². The van der Waals surface area contributed by atoms with Gasteiger partial charge in [0, 0.05) is 29.0 Å². The molecule has 3 nitrogen and oxygen atoms in total. The summed E-state index contributed by atoms with van der Waals surface area (Å²) < 4.78 is 0. The van der Waals surface area contributed by atoms with Crippen molar-refractivity contribution < 1.29 is 5.11 Å². The van der Waals surface area contributed by atoms with Crippen molar-refractivity contribution in [1.29, 1.82) is 0 Å². The first-order chi connectivity index (χ1) is 10.7. The molecule has 0 radical (unpaired) electrons. The summed E-state index contributed by atoms with van der Waals surface area (Å²) in [5.41, 5.74) is 1.37. The highest BCUT2D eigenvalue weighted by molar-refractivity contribution is 7.99. The van der Waals surface area contributed by atoms with E-state index in [0.717, 1.165) is 50.5 Å². The number of rotatable bonds is 5. The van der Waals surface area contributed by atoms with E-state index in [9.17, 15) is 5.11 Å². The molecule has 2 heterocycles. The van der Waals surface area contributed by atoms with Gasteiger partial charge in [0.05, 0.1) is 6.10 Å². The lowest BCUT2D eigenvalue weighted by Crippen LogP contribution is -2.37. The molecule has 1 aromatic rings. The third kappa shape index (κ3) is 4.39. The van der Waals surface area contributed by atoms with Crippen molar-refractivity contribution >= 4 is 23.4 Å². The summed E-state index contributed by atoms with van der Waals surface area (Å²) in [4.78, 5) is 3.84. The molecule has 0 bridgehead atoms. The van der Waals surface area contributed by atoms with Crippen LogP contribution in [0.25, 0.3) is 0 Å². The van der Waals surface area contributed by atoms with Crippen LogP contribution in [0.4, 0.5) is 0 Å². The summed E-state index contributed by atoms with van der Waals surface area (Å²) in [6, 6.07) is 6.70. The van der Waals surface area contributed by atoms with E-state index in [-0.39, 0.29) is 6.10 Å². The Labute approximate surface area is 142 Å². The molecule has 22 heavy (non-hydrogen) atoms. The smallest absolute Gasteiger partial charge is 0.0564 e. The quantitative estimate of drug-likeness (QED) is 0.806. The van der Waals surface area contributed by atoms with E-state index in [2.05, 4.69) is 22.3 Å². The summed E-state index contributed by atoms with van der Waals surface area (Å²) in [6.45, 7) is 4.25. The highest BCUT2D eigenvalue weighted by Crippen LogP contribution is 2.37. The molecule has 5 heteroatoms. The van der Waals surface area contributed by atoms with E-state index < -0.39 is 0 Å². The van der Waals surface area contributed by atoms with Crippen LogP contribution >= 0.6 is 23.4 Å². The molecule has 2 aliphatic rings. The fourth-order valence-electron chi connectivity index (χ4n) is 3.30. The van der Waals surface area contributed by atoms with E-state index in [1.165, 1.54) is 22.6 Å². The van der Waals surface area contributed by atoms with Crippen molar-refractivity contribution in [2.45, 2.75) is 42.7 Å². The zero-order valence-electron chi connectivity index (χ0n) is 12.9. The zero-order valence-corrected chi connectivity index (χ0v) is 14.5. The van der Waals surface area contributed by atoms with Crippen molar-refractivity contribution in [2.75, 3.05) is 31.9 Å². The van der Waals surface area contributed by atoms with Gasteiger partial charge in [0.25, 0.3) is 0 Å². The monoisotopic (exact) mass is 340 g/mol. The summed E-state index contributed by atoms with van der Waals surface area (Å²) >= 11 is 8.09. The number of likely N-dealkylation sites (tertiary alicyclic amines) is 1. The first-order valence-electron chi connectivity index (χ1n) is 8.28. The molecular formula is C17H25ClN2OS. The number of fused-ring (bicyclic) bond motifs is 1. The number of nitrogens with zero attached hydrogens (tertiary/aromatic N) is 1. The standard InChI is InChI=1S/C17H25ClN2OS/c18-13-2-3-17-15(12-13)16(6-11-22-17)19-7-1-8-20-9-4-14(21)5-10-20/h2-3,12,14,16,19,21H,1,4-11H2. The fourth-order valence-corrected chi connectivity index (χ4v) is 4.59. The predicted molar refractivity (Wildman–Crippen MR) is 93.8 cm³/mol. The molecule has 2 N–H and O–H groups in total. The lowest BCUT2D eigenvalue weighted by molar-refractivity contribution is 0.0820. The molecule has 0 aromatic heterocycles. The van der Waals surface area contributed by atoms with E-state index in [1.807, 2.05) is 17.8 Å². The van der Waals surface area contributed by atoms with Gasteiger partial charge in [0.2, 0.25) is 0 Å². The number of aliphatic hydroxyl groups excluding tert-OH is 1. The Kier molecular flexibility index (Phi) is 6.05. The second kappa shape index (κ2) is 8.02. The lowest BCUT2D eigenvalue weighted by Gasteiger charge is -2.30. The zero-order chi connectivity index (χ0) is 15.4. The van der Waals surface area contributed by atoms with E-state index in [4.69, 9.17) is 11.6 Å². The van der Waals surface area contributed by atoms with Gasteiger partial charge in [-0.3, -0.25) is 0 Å². The first kappa shape index (κ1) is 16.6. The molecule has 1 fully saturated rings. The molecule has 1 atom stereocenters. The Bertz CT molecular complexity index is 492. The molecular weight excluding hydrogens is 316 g/mol. The maximum atomic E-state index is 9.53. The molecule has 2 aliphatic heterocycles. The van der Waals surface area contributed by atoms with Crippen molar-refractivity contribution in [1.82, 2.24) is 10.2 Å². The lowest BCUT2D eigenvalue weighted by atomic mass is 10.0. The number of piperidine rings is 1. The molecule has 1 aromatic carbocycles. The average Bonchev–Trinajstić information content (AvgIpc) is 2.53. The Balaban J connectivity index is 1.44. The Hall–Kier alpha value is -0.260. The van der Waals surface area contributed by atoms with Crippen LogP contribution in [0.2, 0.25) is 5.02 Å². The van der Waals surface area contributed by atoms with Crippen LogP contribution in [0, 0.1) is 0 Å². The largest absolute Gasteiger partial charge is 0.393 e. The molecule has 122 valence electrons. The van der Waals surface area contributed by atoms with E-state index in [1.54, 1.807) is 0 Å². The topological polar surface area (TPSA) is 35.5 Å². The molecule has 1 unspecified atom stereocenters. The molecule has 0 spiro atoms. The van der Waals surface area contributed by atoms with Gasteiger partial charge in [0.1, 0.15) is 0 Å². The van der Waals surface area contributed by atoms with Gasteiger partial charge in [-0.2, -0.15) is 0 Å². The third-order valence-electron chi connectivity index (χ3n) is 4.61. The van der Waals surface area contributed by atoms with E-state index >= 15 is 0 Å². The maximum absolute atomic E-state index is 9.53. The molecule has 0 saturated carbocycles. The number of aliphatic hydroxyl groups is 1. The van der Waals surface area contributed by atoms with Crippen LogP contribution in [0.1, 0.15) is 37.3 Å². The van der Waals surface area contributed by atoms with Gasteiger partial charge in [-0.15, -0.1) is 11.8 Å². The molecule has 0 amide bonds. The highest BCUT2D eigenvalue weighted by Gasteiger charge is 2.21. The predicted octanol–water partition coefficient (Wildman–Crippen LogP) is 3.31. The minimum Gasteiger partial charge on any atom is -0.393 e. The van der Waals surface area contributed by atoms with E-state index in [0.29, 0.717) is 6.04 Å². The highest BCUT2D eigenvalue weighted by atomic mass is 35.5. The molecule has 1 saturated heterocycles. The van der Waals surface area contributed by atoms with Crippen molar-refractivity contribution in [3.63, 3.8) is 0 Å². The van der Waals surface area contributed by atoms with Crippen molar-refractivity contribution in [3.05, 3.63) is 28.8 Å². The second-order valence-electron chi connectivity index (χ2n) is 6.25. The summed E-state index contributed by atoms with van der Waals surface area (Å²) in [5.74, 6) is 1.18. The van der Waals surface area contributed by atoms with Crippen molar-refractivity contribution in [2.24, 2.45) is 0 Å². The Morgan fingerprint density at radius 1 is 1.27 bits per heavy atom. The van der Waals surface area contributed by atoms with Crippen LogP contribution < -0.4 is 5.32 Å². The first-order valence-corrected chi connectivity index (χ1v) is 9.65. The van der Waals surface area contributed by atoms with Gasteiger partial charge in [-0.25, -0.2) is 0 Å². The van der Waals surface area contributed by atoms with Crippen LogP contribution in [0.3, 0.4) is 0 Å². The number of nitrogens with one attached hydrogen (secondary N) is 1. The third-order valence-corrected chi connectivity index (χ3v) is 5.97. The van der Waals surface area contributed by atoms with Crippen LogP contribution in [-0.2, 0) is 0 Å². The van der Waals surface area contributed by atoms with Gasteiger partial charge >= 0.3 is 0 Å².